The van der Waals surface area contributed by atoms with E-state index in [-0.39, 0.29) is 13.0 Å². The molecule has 126 valence electrons. The van der Waals surface area contributed by atoms with Gasteiger partial charge in [0, 0.05) is 24.7 Å². The van der Waals surface area contributed by atoms with Crippen LogP contribution < -0.4 is 11.0 Å². The van der Waals surface area contributed by atoms with E-state index in [2.05, 4.69) is 20.3 Å². The number of ether oxygens (including phenoxy) is 1. The minimum atomic E-state index is -1.91. The van der Waals surface area contributed by atoms with Crippen LogP contribution in [-0.4, -0.2) is 57.8 Å². The van der Waals surface area contributed by atoms with Crippen molar-refractivity contribution >= 4 is 5.82 Å². The third-order valence-electron chi connectivity index (χ3n) is 3.56. The van der Waals surface area contributed by atoms with E-state index in [0.717, 1.165) is 4.57 Å². The van der Waals surface area contributed by atoms with Crippen LogP contribution in [0, 0.1) is 0 Å². The van der Waals surface area contributed by atoms with Crippen LogP contribution >= 0.6 is 0 Å². The van der Waals surface area contributed by atoms with Crippen molar-refractivity contribution in [1.82, 2.24) is 9.55 Å². The van der Waals surface area contributed by atoms with Crippen molar-refractivity contribution in [1.29, 1.82) is 0 Å². The zero-order valence-electron chi connectivity index (χ0n) is 12.3. The molecule has 0 bridgehead atoms. The molecule has 1 aromatic rings. The Morgan fingerprint density at radius 2 is 2.43 bits per heavy atom. The molecule has 1 unspecified atom stereocenters. The van der Waals surface area contributed by atoms with E-state index < -0.39 is 36.4 Å². The van der Waals surface area contributed by atoms with Crippen LogP contribution in [0.2, 0.25) is 0 Å². The Morgan fingerprint density at radius 3 is 3.04 bits per heavy atom. The number of nitrogens with one attached hydrogen (secondary N) is 1. The predicted molar refractivity (Wildman–Crippen MR) is 77.5 cm³/mol. The topological polar surface area (TPSA) is 145 Å². The molecule has 0 aliphatic carbocycles. The molecule has 1 saturated heterocycles. The van der Waals surface area contributed by atoms with Crippen LogP contribution in [0.4, 0.5) is 10.2 Å². The maximum absolute atomic E-state index is 14.3. The molecule has 3 N–H and O–H groups in total. The zero-order valence-corrected chi connectivity index (χ0v) is 12.3. The summed E-state index contributed by atoms with van der Waals surface area (Å²) in [6, 6.07) is 1.45. The molecule has 23 heavy (non-hydrogen) atoms. The van der Waals surface area contributed by atoms with Gasteiger partial charge in [0.25, 0.3) is 0 Å². The number of hydrogen-bond acceptors (Lipinski definition) is 7. The fourth-order valence-electron chi connectivity index (χ4n) is 2.35. The first kappa shape index (κ1) is 17.2. The summed E-state index contributed by atoms with van der Waals surface area (Å²) in [5, 5.41) is 25.8. The molecule has 0 amide bonds. The van der Waals surface area contributed by atoms with Gasteiger partial charge in [-0.25, -0.2) is 9.18 Å². The summed E-state index contributed by atoms with van der Waals surface area (Å²) in [6.45, 7) is -0.0236. The van der Waals surface area contributed by atoms with Crippen molar-refractivity contribution in [3.8, 4) is 0 Å². The highest BCUT2D eigenvalue weighted by Crippen LogP contribution is 2.33. The normalized spacial score (nSPS) is 28.2. The number of halogens is 1. The van der Waals surface area contributed by atoms with Gasteiger partial charge in [0.2, 0.25) is 0 Å². The van der Waals surface area contributed by atoms with Crippen LogP contribution in [0.15, 0.2) is 22.2 Å². The minimum absolute atomic E-state index is 0.00291. The van der Waals surface area contributed by atoms with Crippen molar-refractivity contribution in [2.45, 2.75) is 37.1 Å². The summed E-state index contributed by atoms with van der Waals surface area (Å²) in [7, 11) is 1.58. The molecule has 10 nitrogen and oxygen atoms in total. The zero-order chi connectivity index (χ0) is 17.0. The highest BCUT2D eigenvalue weighted by atomic mass is 19.1. The van der Waals surface area contributed by atoms with Crippen LogP contribution in [0.3, 0.4) is 0 Å². The van der Waals surface area contributed by atoms with E-state index in [1.807, 2.05) is 0 Å². The number of aliphatic hydroxyl groups excluding tert-OH is 2. The average Bonchev–Trinajstić information content (AvgIpc) is 2.83. The number of azide groups is 1. The van der Waals surface area contributed by atoms with Gasteiger partial charge < -0.3 is 20.3 Å². The number of anilines is 1. The van der Waals surface area contributed by atoms with Gasteiger partial charge in [-0.3, -0.25) is 4.57 Å². The maximum Gasteiger partial charge on any atom is 0.351 e. The number of alkyl halides is 1. The Kier molecular flexibility index (Phi) is 5.50. The molecule has 5 atom stereocenters. The van der Waals surface area contributed by atoms with Gasteiger partial charge in [0.05, 0.1) is 6.10 Å². The Balaban J connectivity index is 2.16. The number of aromatic nitrogens is 2. The second-order valence-electron chi connectivity index (χ2n) is 4.99. The van der Waals surface area contributed by atoms with E-state index in [0.29, 0.717) is 5.82 Å². The SMILES string of the molecule is CNc1ccn([C@@H]2O[C@H](C(O)CCN=[N+]=[N-])[C@@H](O)[C@H]2F)c(=O)n1. The maximum atomic E-state index is 14.3. The molecule has 11 heteroatoms. The van der Waals surface area contributed by atoms with Crippen molar-refractivity contribution in [2.24, 2.45) is 5.11 Å². The van der Waals surface area contributed by atoms with Gasteiger partial charge >= 0.3 is 5.69 Å². The molecule has 0 saturated carbocycles. The van der Waals surface area contributed by atoms with Crippen molar-refractivity contribution in [3.05, 3.63) is 33.2 Å². The van der Waals surface area contributed by atoms with Gasteiger partial charge in [-0.2, -0.15) is 4.98 Å². The van der Waals surface area contributed by atoms with Gasteiger partial charge in [-0.05, 0) is 18.0 Å². The molecule has 1 aliphatic rings. The van der Waals surface area contributed by atoms with E-state index in [1.54, 1.807) is 7.05 Å². The lowest BCUT2D eigenvalue weighted by Gasteiger charge is -2.20. The highest BCUT2D eigenvalue weighted by molar-refractivity contribution is 5.30. The Hall–Kier alpha value is -2.20. The first-order chi connectivity index (χ1) is 11.0. The number of nitrogens with zero attached hydrogens (tertiary/aromatic N) is 5. The Labute approximate surface area is 130 Å². The van der Waals surface area contributed by atoms with Crippen molar-refractivity contribution in [2.75, 3.05) is 18.9 Å². The fraction of sp³-hybridized carbons (Fsp3) is 0.667. The second-order valence-corrected chi connectivity index (χ2v) is 4.99. The first-order valence-corrected chi connectivity index (χ1v) is 6.93. The summed E-state index contributed by atoms with van der Waals surface area (Å²) in [5.41, 5.74) is 7.44. The quantitative estimate of drug-likeness (QED) is 0.379. The molecule has 1 aromatic heterocycles. The fourth-order valence-corrected chi connectivity index (χ4v) is 2.35. The average molecular weight is 328 g/mol. The molecule has 1 fully saturated rings. The molecule has 1 aliphatic heterocycles. The predicted octanol–water partition coefficient (Wildman–Crippen LogP) is -0.0573. The molecular weight excluding hydrogens is 311 g/mol. The van der Waals surface area contributed by atoms with Crippen LogP contribution in [0.25, 0.3) is 10.4 Å². The lowest BCUT2D eigenvalue weighted by atomic mass is 10.0. The standard InChI is InChI=1S/C12H17FN6O4/c1-15-7-3-5-19(12(22)17-7)11-8(13)9(21)10(23-11)6(20)2-4-16-18-14/h3,5-6,8-11,20-21H,2,4H2,1H3,(H,15,17,22)/t6?,8-,9+,10-,11-/m1/s1. The van der Waals surface area contributed by atoms with Crippen LogP contribution in [0.1, 0.15) is 12.6 Å². The van der Waals surface area contributed by atoms with Crippen LogP contribution in [0.5, 0.6) is 0 Å². The van der Waals surface area contributed by atoms with E-state index in [4.69, 9.17) is 10.3 Å². The van der Waals surface area contributed by atoms with Gasteiger partial charge in [0.1, 0.15) is 18.0 Å². The van der Waals surface area contributed by atoms with Gasteiger partial charge in [0.15, 0.2) is 12.4 Å². The summed E-state index contributed by atoms with van der Waals surface area (Å²) in [5.74, 6) is 0.311. The van der Waals surface area contributed by atoms with E-state index in [1.165, 1.54) is 12.3 Å². The van der Waals surface area contributed by atoms with Crippen molar-refractivity contribution < 1.29 is 19.3 Å². The number of aliphatic hydroxyl groups is 2. The molecule has 2 heterocycles. The summed E-state index contributed by atoms with van der Waals surface area (Å²) in [6.07, 6.45) is -6.10. The first-order valence-electron chi connectivity index (χ1n) is 6.93. The summed E-state index contributed by atoms with van der Waals surface area (Å²) >= 11 is 0. The Morgan fingerprint density at radius 1 is 1.70 bits per heavy atom. The molecular formula is C12H17FN6O4. The minimum Gasteiger partial charge on any atom is -0.390 e. The molecule has 0 radical (unpaired) electrons. The largest absolute Gasteiger partial charge is 0.390 e. The lowest BCUT2D eigenvalue weighted by Crippen LogP contribution is -2.37. The highest BCUT2D eigenvalue weighted by Gasteiger charge is 2.48. The van der Waals surface area contributed by atoms with Crippen molar-refractivity contribution in [3.63, 3.8) is 0 Å². The lowest BCUT2D eigenvalue weighted by molar-refractivity contribution is -0.0854. The number of rotatable bonds is 6. The monoisotopic (exact) mass is 328 g/mol. The van der Waals surface area contributed by atoms with Gasteiger partial charge in [-0.1, -0.05) is 5.11 Å². The molecule has 0 aromatic carbocycles. The smallest absolute Gasteiger partial charge is 0.351 e. The second kappa shape index (κ2) is 7.38. The van der Waals surface area contributed by atoms with E-state index >= 15 is 0 Å². The third kappa shape index (κ3) is 3.59. The Bertz CT molecular complexity index is 649. The van der Waals surface area contributed by atoms with Gasteiger partial charge in [-0.15, -0.1) is 0 Å². The summed E-state index contributed by atoms with van der Waals surface area (Å²) < 4.78 is 20.5. The third-order valence-corrected chi connectivity index (χ3v) is 3.56. The van der Waals surface area contributed by atoms with E-state index in [9.17, 15) is 19.4 Å². The van der Waals surface area contributed by atoms with Crippen LogP contribution in [-0.2, 0) is 4.74 Å². The summed E-state index contributed by atoms with van der Waals surface area (Å²) in [4.78, 5) is 18.1. The number of hydrogen-bond donors (Lipinski definition) is 3. The molecule has 2 rings (SSSR count). The molecule has 0 spiro atoms.